The highest BCUT2D eigenvalue weighted by atomic mass is 127. The van der Waals surface area contributed by atoms with Crippen molar-refractivity contribution in [2.75, 3.05) is 19.7 Å². The number of hydrogen-bond donors (Lipinski definition) is 3. The number of nitrogens with zero attached hydrogens (tertiary/aromatic N) is 2. The van der Waals surface area contributed by atoms with Crippen molar-refractivity contribution in [3.05, 3.63) is 64.9 Å². The topological polar surface area (TPSA) is 69.5 Å². The van der Waals surface area contributed by atoms with Crippen LogP contribution in [0.15, 0.2) is 53.7 Å². The smallest absolute Gasteiger partial charge is 0.191 e. The Kier molecular flexibility index (Phi) is 10.4. The van der Waals surface area contributed by atoms with Crippen molar-refractivity contribution in [2.45, 2.75) is 19.4 Å². The number of rotatable bonds is 7. The van der Waals surface area contributed by atoms with Crippen LogP contribution in [0.3, 0.4) is 0 Å². The summed E-state index contributed by atoms with van der Waals surface area (Å²) in [5, 5.41) is 16.6. The van der Waals surface area contributed by atoms with E-state index in [1.165, 1.54) is 0 Å². The van der Waals surface area contributed by atoms with Crippen LogP contribution in [0.1, 0.15) is 24.0 Å². The van der Waals surface area contributed by atoms with Gasteiger partial charge >= 0.3 is 0 Å². The summed E-state index contributed by atoms with van der Waals surface area (Å²) in [6.45, 7) is 3.97. The third kappa shape index (κ3) is 7.58. The lowest BCUT2D eigenvalue weighted by atomic mass is 10.0. The van der Waals surface area contributed by atoms with Crippen LogP contribution >= 0.6 is 35.6 Å². The number of guanidine groups is 1. The number of aliphatic imine (C=N–C) groups is 1. The first-order valence-corrected chi connectivity index (χ1v) is 8.39. The van der Waals surface area contributed by atoms with Crippen molar-refractivity contribution in [1.82, 2.24) is 15.6 Å². The van der Waals surface area contributed by atoms with Gasteiger partial charge in [-0.15, -0.1) is 24.0 Å². The number of benzene rings is 1. The van der Waals surface area contributed by atoms with Gasteiger partial charge in [0.2, 0.25) is 0 Å². The van der Waals surface area contributed by atoms with E-state index in [2.05, 4.69) is 20.6 Å². The van der Waals surface area contributed by atoms with Gasteiger partial charge in [0.25, 0.3) is 0 Å². The largest absolute Gasteiger partial charge is 0.396 e. The van der Waals surface area contributed by atoms with Crippen LogP contribution in [0.2, 0.25) is 5.15 Å². The third-order valence-corrected chi connectivity index (χ3v) is 3.78. The monoisotopic (exact) mass is 474 g/mol. The van der Waals surface area contributed by atoms with Crippen LogP contribution in [0.5, 0.6) is 0 Å². The number of aliphatic hydroxyl groups excluding tert-OH is 1. The van der Waals surface area contributed by atoms with Gasteiger partial charge in [-0.05, 0) is 24.1 Å². The van der Waals surface area contributed by atoms with E-state index in [-0.39, 0.29) is 36.5 Å². The minimum atomic E-state index is 0. The number of aliphatic hydroxyl groups is 1. The fraction of sp³-hybridized carbons (Fsp3) is 0.333. The molecule has 1 atom stereocenters. The van der Waals surface area contributed by atoms with E-state index >= 15 is 0 Å². The zero-order chi connectivity index (χ0) is 17.2. The molecule has 1 aromatic carbocycles. The lowest BCUT2D eigenvalue weighted by molar-refractivity contribution is 0.265. The summed E-state index contributed by atoms with van der Waals surface area (Å²) in [5.41, 5.74) is 2.09. The molecule has 0 aliphatic rings. The van der Waals surface area contributed by atoms with E-state index in [0.717, 1.165) is 17.7 Å². The Hall–Kier alpha value is -1.38. The molecule has 2 rings (SSSR count). The molecular formula is C18H24ClIN4O. The van der Waals surface area contributed by atoms with Gasteiger partial charge in [0.15, 0.2) is 5.96 Å². The van der Waals surface area contributed by atoms with Gasteiger partial charge < -0.3 is 15.7 Å². The van der Waals surface area contributed by atoms with Crippen LogP contribution in [0, 0.1) is 0 Å². The Labute approximate surface area is 170 Å². The average Bonchev–Trinajstić information content (AvgIpc) is 2.62. The highest BCUT2D eigenvalue weighted by Crippen LogP contribution is 2.13. The Bertz CT molecular complexity index is 637. The van der Waals surface area contributed by atoms with E-state index in [4.69, 9.17) is 11.6 Å². The minimum Gasteiger partial charge on any atom is -0.396 e. The van der Waals surface area contributed by atoms with Crippen LogP contribution in [0.25, 0.3) is 0 Å². The molecule has 7 heteroatoms. The van der Waals surface area contributed by atoms with Crippen molar-refractivity contribution < 1.29 is 5.11 Å². The summed E-state index contributed by atoms with van der Waals surface area (Å²) < 4.78 is 0. The normalized spacial score (nSPS) is 12.2. The average molecular weight is 475 g/mol. The molecule has 1 heterocycles. The first kappa shape index (κ1) is 21.7. The maximum Gasteiger partial charge on any atom is 0.191 e. The molecule has 0 fully saturated rings. The molecule has 1 unspecified atom stereocenters. The van der Waals surface area contributed by atoms with Crippen LogP contribution in [0.4, 0.5) is 0 Å². The van der Waals surface area contributed by atoms with Crippen molar-refractivity contribution in [1.29, 1.82) is 0 Å². The maximum atomic E-state index is 9.64. The lowest BCUT2D eigenvalue weighted by Gasteiger charge is -2.18. The Morgan fingerprint density at radius 1 is 1.20 bits per heavy atom. The molecule has 3 N–H and O–H groups in total. The molecular weight excluding hydrogens is 451 g/mol. The number of halogens is 2. The quantitative estimate of drug-likeness (QED) is 0.249. The van der Waals surface area contributed by atoms with Gasteiger partial charge in [-0.2, -0.15) is 0 Å². The van der Waals surface area contributed by atoms with E-state index in [1.54, 1.807) is 12.3 Å². The molecule has 0 spiro atoms. The summed E-state index contributed by atoms with van der Waals surface area (Å²) in [6.07, 6.45) is 1.72. The molecule has 0 saturated carbocycles. The molecule has 0 saturated heterocycles. The van der Waals surface area contributed by atoms with E-state index < -0.39 is 0 Å². The van der Waals surface area contributed by atoms with Gasteiger partial charge in [-0.1, -0.05) is 48.0 Å². The van der Waals surface area contributed by atoms with Gasteiger partial charge in [-0.25, -0.2) is 9.98 Å². The zero-order valence-electron chi connectivity index (χ0n) is 14.2. The molecule has 2 aromatic rings. The SMILES string of the molecule is CCNC(=NCc1ccc(Cl)nc1)NCC(CO)c1ccccc1.I. The highest BCUT2D eigenvalue weighted by Gasteiger charge is 2.10. The van der Waals surface area contributed by atoms with Crippen LogP contribution in [-0.4, -0.2) is 35.7 Å². The fourth-order valence-electron chi connectivity index (χ4n) is 2.24. The number of nitrogens with one attached hydrogen (secondary N) is 2. The Morgan fingerprint density at radius 2 is 1.96 bits per heavy atom. The summed E-state index contributed by atoms with van der Waals surface area (Å²) in [5.74, 6) is 0.731. The summed E-state index contributed by atoms with van der Waals surface area (Å²) >= 11 is 5.79. The molecule has 0 aliphatic carbocycles. The van der Waals surface area contributed by atoms with Crippen LogP contribution < -0.4 is 10.6 Å². The first-order chi connectivity index (χ1) is 11.7. The molecule has 0 radical (unpaired) electrons. The number of hydrogen-bond acceptors (Lipinski definition) is 3. The highest BCUT2D eigenvalue weighted by molar-refractivity contribution is 14.0. The Balaban J connectivity index is 0.00000312. The number of pyridine rings is 1. The predicted molar refractivity (Wildman–Crippen MR) is 114 cm³/mol. The standard InChI is InChI=1S/C18H23ClN4O.HI/c1-2-20-18(22-11-14-8-9-17(19)21-10-14)23-12-16(13-24)15-6-4-3-5-7-15;/h3-10,16,24H,2,11-13H2,1H3,(H2,20,22,23);1H. The molecule has 1 aromatic heterocycles. The first-order valence-electron chi connectivity index (χ1n) is 8.01. The fourth-order valence-corrected chi connectivity index (χ4v) is 2.36. The second-order valence-corrected chi connectivity index (χ2v) is 5.74. The zero-order valence-corrected chi connectivity index (χ0v) is 17.2. The van der Waals surface area contributed by atoms with Gasteiger partial charge in [-0.3, -0.25) is 0 Å². The minimum absolute atomic E-state index is 0. The Morgan fingerprint density at radius 3 is 2.56 bits per heavy atom. The summed E-state index contributed by atoms with van der Waals surface area (Å²) in [7, 11) is 0. The maximum absolute atomic E-state index is 9.64. The van der Waals surface area contributed by atoms with E-state index in [0.29, 0.717) is 24.2 Å². The molecule has 0 amide bonds. The molecule has 0 bridgehead atoms. The number of aromatic nitrogens is 1. The van der Waals surface area contributed by atoms with Crippen molar-refractivity contribution in [3.8, 4) is 0 Å². The van der Waals surface area contributed by atoms with Gasteiger partial charge in [0.1, 0.15) is 5.15 Å². The predicted octanol–water partition coefficient (Wildman–Crippen LogP) is 3.18. The second-order valence-electron chi connectivity index (χ2n) is 5.36. The lowest BCUT2D eigenvalue weighted by Crippen LogP contribution is -2.39. The van der Waals surface area contributed by atoms with Crippen molar-refractivity contribution in [2.24, 2.45) is 4.99 Å². The summed E-state index contributed by atoms with van der Waals surface area (Å²) in [6, 6.07) is 13.6. The van der Waals surface area contributed by atoms with E-state index in [1.807, 2.05) is 43.3 Å². The molecule has 136 valence electrons. The summed E-state index contributed by atoms with van der Waals surface area (Å²) in [4.78, 5) is 8.60. The van der Waals surface area contributed by atoms with Crippen molar-refractivity contribution in [3.63, 3.8) is 0 Å². The van der Waals surface area contributed by atoms with Crippen LogP contribution in [-0.2, 0) is 6.54 Å². The molecule has 5 nitrogen and oxygen atoms in total. The molecule has 25 heavy (non-hydrogen) atoms. The second kappa shape index (κ2) is 12.1. The third-order valence-electron chi connectivity index (χ3n) is 3.56. The van der Waals surface area contributed by atoms with Crippen molar-refractivity contribution >= 4 is 41.5 Å². The molecule has 0 aliphatic heterocycles. The van der Waals surface area contributed by atoms with Gasteiger partial charge in [0.05, 0.1) is 13.2 Å². The van der Waals surface area contributed by atoms with Gasteiger partial charge in [0, 0.05) is 25.2 Å². The van der Waals surface area contributed by atoms with E-state index in [9.17, 15) is 5.11 Å².